The van der Waals surface area contributed by atoms with Gasteiger partial charge in [-0.25, -0.2) is 0 Å². The summed E-state index contributed by atoms with van der Waals surface area (Å²) < 4.78 is 39.3. The van der Waals surface area contributed by atoms with Crippen molar-refractivity contribution in [3.63, 3.8) is 0 Å². The third kappa shape index (κ3) is 2.76. The molecule has 3 rings (SSSR count). The van der Waals surface area contributed by atoms with Crippen LogP contribution in [0.1, 0.15) is 0 Å². The Morgan fingerprint density at radius 1 is 1.05 bits per heavy atom. The number of para-hydroxylation sites is 1. The van der Waals surface area contributed by atoms with Crippen LogP contribution in [0.15, 0.2) is 59.8 Å². The van der Waals surface area contributed by atoms with Gasteiger partial charge in [0.2, 0.25) is 0 Å². The lowest BCUT2D eigenvalue weighted by atomic mass is 10.1. The number of aromatic nitrogens is 1. The first kappa shape index (κ1) is 14.0. The molecule has 6 heteroatoms. The van der Waals surface area contributed by atoms with Crippen molar-refractivity contribution in [3.8, 4) is 11.3 Å². The van der Waals surface area contributed by atoms with Crippen molar-refractivity contribution in [1.29, 1.82) is 0 Å². The van der Waals surface area contributed by atoms with E-state index in [4.69, 9.17) is 0 Å². The van der Waals surface area contributed by atoms with Gasteiger partial charge in [-0.15, -0.1) is 11.8 Å². The molecule has 0 unspecified atom stereocenters. The SMILES string of the molecule is FC(F)(F)C1=CSCN1c1ccccc1-c1ccccn1. The molecular weight excluding hydrogens is 297 g/mol. The fourth-order valence-corrected chi connectivity index (χ4v) is 3.11. The van der Waals surface area contributed by atoms with E-state index in [1.807, 2.05) is 6.07 Å². The van der Waals surface area contributed by atoms with Crippen LogP contribution in [0, 0.1) is 0 Å². The topological polar surface area (TPSA) is 16.1 Å². The number of pyridine rings is 1. The highest BCUT2D eigenvalue weighted by molar-refractivity contribution is 8.02. The van der Waals surface area contributed by atoms with E-state index >= 15 is 0 Å². The van der Waals surface area contributed by atoms with E-state index < -0.39 is 11.9 Å². The monoisotopic (exact) mass is 308 g/mol. The Hall–Kier alpha value is -1.95. The molecule has 0 amide bonds. The molecule has 1 aliphatic heterocycles. The molecular formula is C15H11F3N2S. The molecule has 2 aromatic rings. The molecule has 0 radical (unpaired) electrons. The third-order valence-electron chi connectivity index (χ3n) is 3.12. The predicted octanol–water partition coefficient (Wildman–Crippen LogP) is 4.66. The van der Waals surface area contributed by atoms with Crippen molar-refractivity contribution in [2.45, 2.75) is 6.18 Å². The van der Waals surface area contributed by atoms with Crippen molar-refractivity contribution in [2.75, 3.05) is 10.8 Å². The number of hydrogen-bond donors (Lipinski definition) is 0. The van der Waals surface area contributed by atoms with Gasteiger partial charge in [0.05, 0.1) is 17.3 Å². The van der Waals surface area contributed by atoms with Crippen molar-refractivity contribution in [2.24, 2.45) is 0 Å². The summed E-state index contributed by atoms with van der Waals surface area (Å²) in [6.45, 7) is 0. The van der Waals surface area contributed by atoms with Gasteiger partial charge in [0.15, 0.2) is 0 Å². The number of rotatable bonds is 2. The predicted molar refractivity (Wildman–Crippen MR) is 78.7 cm³/mol. The van der Waals surface area contributed by atoms with Crippen LogP contribution in [0.3, 0.4) is 0 Å². The Morgan fingerprint density at radius 2 is 1.81 bits per heavy atom. The summed E-state index contributed by atoms with van der Waals surface area (Å²) in [6.07, 6.45) is -2.73. The van der Waals surface area contributed by atoms with Gasteiger partial charge >= 0.3 is 6.18 Å². The Morgan fingerprint density at radius 3 is 2.52 bits per heavy atom. The summed E-state index contributed by atoms with van der Waals surface area (Å²) in [5, 5.41) is 1.16. The smallest absolute Gasteiger partial charge is 0.326 e. The molecule has 0 N–H and O–H groups in total. The summed E-state index contributed by atoms with van der Waals surface area (Å²) in [5.74, 6) is 0.249. The second-order valence-electron chi connectivity index (χ2n) is 4.46. The van der Waals surface area contributed by atoms with E-state index in [-0.39, 0.29) is 5.88 Å². The molecule has 0 saturated heterocycles. The summed E-state index contributed by atoms with van der Waals surface area (Å²) in [5.41, 5.74) is 1.24. The molecule has 1 aromatic carbocycles. The molecule has 1 aliphatic rings. The molecule has 1 aromatic heterocycles. The van der Waals surface area contributed by atoms with E-state index in [0.717, 1.165) is 17.2 Å². The van der Waals surface area contributed by atoms with Crippen molar-refractivity contribution in [3.05, 3.63) is 59.8 Å². The summed E-state index contributed by atoms with van der Waals surface area (Å²) in [4.78, 5) is 5.52. The molecule has 2 heterocycles. The number of benzene rings is 1. The minimum Gasteiger partial charge on any atom is -0.326 e. The summed E-state index contributed by atoms with van der Waals surface area (Å²) in [6, 6.07) is 12.4. The average Bonchev–Trinajstić information content (AvgIpc) is 2.98. The van der Waals surface area contributed by atoms with Gasteiger partial charge < -0.3 is 4.90 Å². The van der Waals surface area contributed by atoms with Crippen LogP contribution in [-0.4, -0.2) is 17.0 Å². The molecule has 108 valence electrons. The molecule has 0 aliphatic carbocycles. The minimum absolute atomic E-state index is 0.249. The molecule has 0 saturated carbocycles. The van der Waals surface area contributed by atoms with Crippen molar-refractivity contribution in [1.82, 2.24) is 4.98 Å². The van der Waals surface area contributed by atoms with Gasteiger partial charge in [-0.05, 0) is 18.2 Å². The van der Waals surface area contributed by atoms with E-state index in [1.165, 1.54) is 4.90 Å². The minimum atomic E-state index is -4.36. The number of allylic oxidation sites excluding steroid dienone is 1. The first-order valence-electron chi connectivity index (χ1n) is 6.24. The second-order valence-corrected chi connectivity index (χ2v) is 5.28. The number of hydrogen-bond acceptors (Lipinski definition) is 3. The molecule has 0 fully saturated rings. The highest BCUT2D eigenvalue weighted by Gasteiger charge is 2.41. The molecule has 0 spiro atoms. The number of nitrogens with zero attached hydrogens (tertiary/aromatic N) is 2. The zero-order chi connectivity index (χ0) is 14.9. The van der Waals surface area contributed by atoms with Crippen molar-refractivity contribution >= 4 is 17.4 Å². The average molecular weight is 308 g/mol. The molecule has 21 heavy (non-hydrogen) atoms. The maximum absolute atomic E-state index is 13.1. The van der Waals surface area contributed by atoms with E-state index in [2.05, 4.69) is 4.98 Å². The molecule has 0 atom stereocenters. The van der Waals surface area contributed by atoms with Crippen LogP contribution in [0.4, 0.5) is 18.9 Å². The van der Waals surface area contributed by atoms with Gasteiger partial charge in [-0.1, -0.05) is 24.3 Å². The lowest BCUT2D eigenvalue weighted by molar-refractivity contribution is -0.0925. The highest BCUT2D eigenvalue weighted by Crippen LogP contribution is 2.42. The second kappa shape index (κ2) is 5.44. The zero-order valence-electron chi connectivity index (χ0n) is 10.8. The van der Waals surface area contributed by atoms with Gasteiger partial charge in [0.25, 0.3) is 0 Å². The maximum Gasteiger partial charge on any atom is 0.431 e. The van der Waals surface area contributed by atoms with Gasteiger partial charge in [0.1, 0.15) is 5.70 Å². The Balaban J connectivity index is 2.07. The zero-order valence-corrected chi connectivity index (χ0v) is 11.7. The lowest BCUT2D eigenvalue weighted by Crippen LogP contribution is -2.28. The van der Waals surface area contributed by atoms with E-state index in [9.17, 15) is 13.2 Å². The first-order chi connectivity index (χ1) is 10.1. The Bertz CT molecular complexity index is 668. The summed E-state index contributed by atoms with van der Waals surface area (Å²) in [7, 11) is 0. The molecule has 0 bridgehead atoms. The van der Waals surface area contributed by atoms with Crippen molar-refractivity contribution < 1.29 is 13.2 Å². The van der Waals surface area contributed by atoms with Gasteiger partial charge in [0, 0.05) is 17.2 Å². The van der Waals surface area contributed by atoms with Gasteiger partial charge in [-0.3, -0.25) is 4.98 Å². The molecule has 2 nitrogen and oxygen atoms in total. The number of alkyl halides is 3. The van der Waals surface area contributed by atoms with Crippen LogP contribution >= 0.6 is 11.8 Å². The van der Waals surface area contributed by atoms with Crippen LogP contribution in [0.25, 0.3) is 11.3 Å². The highest BCUT2D eigenvalue weighted by atomic mass is 32.2. The Labute approximate surface area is 124 Å². The first-order valence-corrected chi connectivity index (χ1v) is 7.29. The fourth-order valence-electron chi connectivity index (χ4n) is 2.19. The quantitative estimate of drug-likeness (QED) is 0.802. The Kier molecular flexibility index (Phi) is 3.63. The van der Waals surface area contributed by atoms with Crippen LogP contribution in [0.5, 0.6) is 0 Å². The summed E-state index contributed by atoms with van der Waals surface area (Å²) >= 11 is 1.14. The normalized spacial score (nSPS) is 15.2. The largest absolute Gasteiger partial charge is 0.431 e. The fraction of sp³-hybridized carbons (Fsp3) is 0.133. The van der Waals surface area contributed by atoms with Crippen LogP contribution in [0.2, 0.25) is 0 Å². The van der Waals surface area contributed by atoms with E-state index in [0.29, 0.717) is 16.9 Å². The number of halogens is 3. The number of thioether (sulfide) groups is 1. The third-order valence-corrected chi connectivity index (χ3v) is 3.91. The van der Waals surface area contributed by atoms with Crippen LogP contribution in [-0.2, 0) is 0 Å². The van der Waals surface area contributed by atoms with Gasteiger partial charge in [-0.2, -0.15) is 13.2 Å². The van der Waals surface area contributed by atoms with E-state index in [1.54, 1.807) is 42.6 Å². The maximum atomic E-state index is 13.1. The number of anilines is 1. The lowest BCUT2D eigenvalue weighted by Gasteiger charge is -2.25. The van der Waals surface area contributed by atoms with Crippen LogP contribution < -0.4 is 4.90 Å². The standard InChI is InChI=1S/C15H11F3N2S/c16-15(17,18)14-9-21-10-20(14)13-7-2-1-5-11(13)12-6-3-4-8-19-12/h1-9H,10H2.